The van der Waals surface area contributed by atoms with E-state index in [1.54, 1.807) is 14.0 Å². The van der Waals surface area contributed by atoms with Gasteiger partial charge in [-0.3, -0.25) is 4.79 Å². The molecule has 0 aliphatic carbocycles. The van der Waals surface area contributed by atoms with Crippen LogP contribution in [0.2, 0.25) is 0 Å². The molecule has 98 valence electrons. The summed E-state index contributed by atoms with van der Waals surface area (Å²) in [5.41, 5.74) is 6.34. The Bertz CT molecular complexity index is 474. The molecule has 0 spiro atoms. The Morgan fingerprint density at radius 3 is 2.78 bits per heavy atom. The number of hydrogen-bond donors (Lipinski definition) is 2. The molecule has 1 aromatic rings. The minimum atomic E-state index is -0.372. The van der Waals surface area contributed by atoms with Crippen molar-refractivity contribution in [3.05, 3.63) is 35.1 Å². The second kappa shape index (κ2) is 6.00. The van der Waals surface area contributed by atoms with Crippen LogP contribution in [0.1, 0.15) is 22.3 Å². The molecule has 0 atom stereocenters. The number of amides is 1. The maximum Gasteiger partial charge on any atom is 0.253 e. The monoisotopic (exact) mass is 253 g/mol. The van der Waals surface area contributed by atoms with Gasteiger partial charge in [0.15, 0.2) is 0 Å². The van der Waals surface area contributed by atoms with Crippen LogP contribution >= 0.6 is 0 Å². The van der Waals surface area contributed by atoms with Crippen molar-refractivity contribution in [3.8, 4) is 0 Å². The number of hydrogen-bond acceptors (Lipinski definition) is 3. The third kappa shape index (κ3) is 3.44. The van der Waals surface area contributed by atoms with Gasteiger partial charge in [-0.15, -0.1) is 0 Å². The van der Waals surface area contributed by atoms with E-state index in [1.807, 2.05) is 0 Å². The van der Waals surface area contributed by atoms with E-state index in [0.717, 1.165) is 0 Å². The van der Waals surface area contributed by atoms with Crippen molar-refractivity contribution in [3.63, 3.8) is 0 Å². The number of aryl methyl sites for hydroxylation is 1. The highest BCUT2D eigenvalue weighted by molar-refractivity contribution is 5.95. The summed E-state index contributed by atoms with van der Waals surface area (Å²) in [6.07, 6.45) is 0.277. The third-order valence-corrected chi connectivity index (χ3v) is 2.60. The fraction of sp³-hybridized carbons (Fsp3) is 0.333. The van der Waals surface area contributed by atoms with Gasteiger partial charge < -0.3 is 15.8 Å². The molecule has 0 aromatic heterocycles. The Labute approximate surface area is 105 Å². The van der Waals surface area contributed by atoms with Gasteiger partial charge in [-0.1, -0.05) is 5.16 Å². The summed E-state index contributed by atoms with van der Waals surface area (Å²) in [4.78, 5) is 13.5. The fourth-order valence-corrected chi connectivity index (χ4v) is 1.51. The number of benzene rings is 1. The molecule has 0 bridgehead atoms. The Hall–Kier alpha value is -2.11. The number of oxime groups is 1. The van der Waals surface area contributed by atoms with Crippen LogP contribution in [0.3, 0.4) is 0 Å². The molecule has 0 unspecified atom stereocenters. The van der Waals surface area contributed by atoms with Gasteiger partial charge in [0, 0.05) is 25.6 Å². The van der Waals surface area contributed by atoms with Crippen LogP contribution in [0.4, 0.5) is 4.39 Å². The van der Waals surface area contributed by atoms with Gasteiger partial charge in [-0.2, -0.15) is 0 Å². The van der Waals surface area contributed by atoms with Crippen molar-refractivity contribution in [2.24, 2.45) is 10.9 Å². The summed E-state index contributed by atoms with van der Waals surface area (Å²) in [6, 6.07) is 4.01. The van der Waals surface area contributed by atoms with Crippen molar-refractivity contribution in [1.82, 2.24) is 4.90 Å². The van der Waals surface area contributed by atoms with Gasteiger partial charge in [-0.05, 0) is 30.7 Å². The van der Waals surface area contributed by atoms with Gasteiger partial charge in [0.1, 0.15) is 11.7 Å². The zero-order valence-corrected chi connectivity index (χ0v) is 10.4. The van der Waals surface area contributed by atoms with Crippen LogP contribution < -0.4 is 5.73 Å². The highest BCUT2D eigenvalue weighted by atomic mass is 19.1. The minimum absolute atomic E-state index is 0.0606. The molecule has 1 aromatic carbocycles. The maximum absolute atomic E-state index is 12.9. The predicted molar refractivity (Wildman–Crippen MR) is 66.1 cm³/mol. The molecule has 0 aliphatic heterocycles. The molecule has 3 N–H and O–H groups in total. The van der Waals surface area contributed by atoms with Gasteiger partial charge in [-0.25, -0.2) is 4.39 Å². The first-order valence-corrected chi connectivity index (χ1v) is 5.43. The number of rotatable bonds is 4. The quantitative estimate of drug-likeness (QED) is 0.368. The van der Waals surface area contributed by atoms with Crippen molar-refractivity contribution in [2.75, 3.05) is 13.6 Å². The molecule has 0 aliphatic rings. The molecular formula is C12H16FN3O2. The summed E-state index contributed by atoms with van der Waals surface area (Å²) in [5.74, 6) is -0.535. The molecule has 0 radical (unpaired) electrons. The number of halogens is 1. The Morgan fingerprint density at radius 1 is 1.56 bits per heavy atom. The lowest BCUT2D eigenvalue weighted by molar-refractivity contribution is 0.0797. The van der Waals surface area contributed by atoms with E-state index in [1.165, 1.54) is 23.1 Å². The summed E-state index contributed by atoms with van der Waals surface area (Å²) in [7, 11) is 1.61. The number of carbonyl (C=O) groups excluding carboxylic acids is 1. The maximum atomic E-state index is 12.9. The van der Waals surface area contributed by atoms with E-state index in [-0.39, 0.29) is 24.0 Å². The molecule has 0 fully saturated rings. The van der Waals surface area contributed by atoms with Gasteiger partial charge in [0.2, 0.25) is 0 Å². The standard InChI is InChI=1S/C12H16FN3O2/c1-8-7-9(13)3-4-10(8)12(17)16(2)6-5-11(14)15-18/h3-4,7,18H,5-6H2,1-2H3,(H2,14,15). The van der Waals surface area contributed by atoms with Crippen LogP contribution in [0.25, 0.3) is 0 Å². The summed E-state index contributed by atoms with van der Waals surface area (Å²) in [5, 5.41) is 11.2. The smallest absolute Gasteiger partial charge is 0.253 e. The first-order valence-electron chi connectivity index (χ1n) is 5.43. The minimum Gasteiger partial charge on any atom is -0.409 e. The SMILES string of the molecule is Cc1cc(F)ccc1C(=O)N(C)CC/C(N)=N/O. The number of carbonyl (C=O) groups is 1. The van der Waals surface area contributed by atoms with E-state index in [4.69, 9.17) is 10.9 Å². The zero-order chi connectivity index (χ0) is 13.7. The largest absolute Gasteiger partial charge is 0.409 e. The molecule has 1 rings (SSSR count). The normalized spacial score (nSPS) is 11.4. The molecule has 18 heavy (non-hydrogen) atoms. The average Bonchev–Trinajstić information content (AvgIpc) is 2.34. The summed E-state index contributed by atoms with van der Waals surface area (Å²) >= 11 is 0. The van der Waals surface area contributed by atoms with Gasteiger partial charge in [0.05, 0.1) is 0 Å². The Balaban J connectivity index is 2.74. The lowest BCUT2D eigenvalue weighted by Gasteiger charge is -2.17. The van der Waals surface area contributed by atoms with Crippen LogP contribution in [-0.2, 0) is 0 Å². The first kappa shape index (κ1) is 14.0. The molecule has 0 heterocycles. The highest BCUT2D eigenvalue weighted by Gasteiger charge is 2.14. The Kier molecular flexibility index (Phi) is 4.65. The molecule has 5 nitrogen and oxygen atoms in total. The molecule has 1 amide bonds. The van der Waals surface area contributed by atoms with E-state index >= 15 is 0 Å². The molecule has 0 saturated heterocycles. The van der Waals surface area contributed by atoms with Gasteiger partial charge >= 0.3 is 0 Å². The van der Waals surface area contributed by atoms with E-state index in [0.29, 0.717) is 17.7 Å². The average molecular weight is 253 g/mol. The van der Waals surface area contributed by atoms with E-state index in [9.17, 15) is 9.18 Å². The van der Waals surface area contributed by atoms with Crippen LogP contribution in [0, 0.1) is 12.7 Å². The molecule has 0 saturated carbocycles. The van der Waals surface area contributed by atoms with Crippen LogP contribution in [-0.4, -0.2) is 35.4 Å². The highest BCUT2D eigenvalue weighted by Crippen LogP contribution is 2.12. The number of amidine groups is 1. The fourth-order valence-electron chi connectivity index (χ4n) is 1.51. The zero-order valence-electron chi connectivity index (χ0n) is 10.4. The van der Waals surface area contributed by atoms with Crippen molar-refractivity contribution < 1.29 is 14.4 Å². The molecule has 6 heteroatoms. The first-order chi connectivity index (χ1) is 8.45. The predicted octanol–water partition coefficient (Wildman–Crippen LogP) is 1.34. The number of nitrogens with zero attached hydrogens (tertiary/aromatic N) is 2. The van der Waals surface area contributed by atoms with Crippen LogP contribution in [0.5, 0.6) is 0 Å². The van der Waals surface area contributed by atoms with Crippen molar-refractivity contribution in [2.45, 2.75) is 13.3 Å². The summed E-state index contributed by atoms with van der Waals surface area (Å²) in [6.45, 7) is 2.00. The van der Waals surface area contributed by atoms with E-state index < -0.39 is 0 Å². The number of nitrogens with two attached hydrogens (primary N) is 1. The van der Waals surface area contributed by atoms with Crippen LogP contribution in [0.15, 0.2) is 23.4 Å². The third-order valence-electron chi connectivity index (χ3n) is 2.60. The van der Waals surface area contributed by atoms with E-state index in [2.05, 4.69) is 5.16 Å². The van der Waals surface area contributed by atoms with Gasteiger partial charge in [0.25, 0.3) is 5.91 Å². The second-order valence-electron chi connectivity index (χ2n) is 4.03. The lowest BCUT2D eigenvalue weighted by Crippen LogP contribution is -2.31. The lowest BCUT2D eigenvalue weighted by atomic mass is 10.1. The summed E-state index contributed by atoms with van der Waals surface area (Å²) < 4.78 is 12.9. The van der Waals surface area contributed by atoms with Crippen molar-refractivity contribution >= 4 is 11.7 Å². The van der Waals surface area contributed by atoms with Crippen molar-refractivity contribution in [1.29, 1.82) is 0 Å². The topological polar surface area (TPSA) is 78.9 Å². The second-order valence-corrected chi connectivity index (χ2v) is 4.03. The molecular weight excluding hydrogens is 237 g/mol. The Morgan fingerprint density at radius 2 is 2.22 bits per heavy atom.